The van der Waals surface area contributed by atoms with E-state index in [4.69, 9.17) is 9.47 Å². The van der Waals surface area contributed by atoms with E-state index in [1.807, 2.05) is 13.8 Å². The monoisotopic (exact) mass is 382 g/mol. The lowest BCUT2D eigenvalue weighted by molar-refractivity contribution is -0.288. The minimum Gasteiger partial charge on any atom is -0.469 e. The lowest BCUT2D eigenvalue weighted by Gasteiger charge is -2.39. The van der Waals surface area contributed by atoms with Crippen LogP contribution in [0.25, 0.3) is 0 Å². The molecule has 1 aliphatic carbocycles. The third-order valence-electron chi connectivity index (χ3n) is 5.75. The normalized spacial score (nSPS) is 35.4. The van der Waals surface area contributed by atoms with E-state index in [-0.39, 0.29) is 5.41 Å². The van der Waals surface area contributed by atoms with E-state index < -0.39 is 37.3 Å². The average Bonchev–Trinajstić information content (AvgIpc) is 2.61. The Morgan fingerprint density at radius 1 is 1.15 bits per heavy atom. The van der Waals surface area contributed by atoms with Crippen LogP contribution in [-0.4, -0.2) is 57.7 Å². The summed E-state index contributed by atoms with van der Waals surface area (Å²) in [6, 6.07) is 0. The summed E-state index contributed by atoms with van der Waals surface area (Å²) in [5, 5.41) is 38.9. The Morgan fingerprint density at radius 2 is 1.81 bits per heavy atom. The molecule has 0 aromatic rings. The smallest absolute Gasteiger partial charge is 0.228 e. The Morgan fingerprint density at radius 3 is 2.41 bits per heavy atom. The maximum Gasteiger partial charge on any atom is 0.228 e. The first-order valence-corrected chi connectivity index (χ1v) is 9.60. The van der Waals surface area contributed by atoms with Gasteiger partial charge in [0.05, 0.1) is 12.9 Å². The highest BCUT2D eigenvalue weighted by atomic mass is 16.7. The van der Waals surface area contributed by atoms with Crippen molar-refractivity contribution in [2.24, 2.45) is 5.41 Å². The third kappa shape index (κ3) is 5.00. The van der Waals surface area contributed by atoms with Gasteiger partial charge < -0.3 is 29.9 Å². The average molecular weight is 382 g/mol. The lowest BCUT2D eigenvalue weighted by atomic mass is 9.72. The molecular weight excluding hydrogens is 348 g/mol. The molecule has 1 heterocycles. The van der Waals surface area contributed by atoms with E-state index in [1.165, 1.54) is 23.8 Å². The molecule has 1 unspecified atom stereocenters. The molecule has 4 N–H and O–H groups in total. The molecule has 0 spiro atoms. The molecule has 1 aliphatic heterocycles. The van der Waals surface area contributed by atoms with Crippen molar-refractivity contribution in [3.05, 3.63) is 34.6 Å². The highest BCUT2D eigenvalue weighted by Crippen LogP contribution is 2.41. The summed E-state index contributed by atoms with van der Waals surface area (Å²) in [6.45, 7) is 10.1. The van der Waals surface area contributed by atoms with Crippen LogP contribution in [0.1, 0.15) is 53.9 Å². The molecule has 0 bridgehead atoms. The molecule has 0 radical (unpaired) electrons. The Balaban J connectivity index is 2.12. The Bertz CT molecular complexity index is 616. The van der Waals surface area contributed by atoms with E-state index in [9.17, 15) is 20.4 Å². The van der Waals surface area contributed by atoms with Gasteiger partial charge in [-0.1, -0.05) is 25.5 Å². The van der Waals surface area contributed by atoms with Gasteiger partial charge in [0.2, 0.25) is 6.29 Å². The van der Waals surface area contributed by atoms with Crippen molar-refractivity contribution in [2.45, 2.75) is 84.6 Å². The van der Waals surface area contributed by atoms with Gasteiger partial charge in [0.1, 0.15) is 24.4 Å². The number of aliphatic hydroxyl groups is 4. The molecule has 0 saturated carbocycles. The van der Waals surface area contributed by atoms with Crippen LogP contribution in [0, 0.1) is 5.41 Å². The first-order chi connectivity index (χ1) is 12.6. The fourth-order valence-corrected chi connectivity index (χ4v) is 3.73. The number of aliphatic hydroxyl groups excluding tert-OH is 4. The van der Waals surface area contributed by atoms with E-state index in [0.29, 0.717) is 0 Å². The highest BCUT2D eigenvalue weighted by Gasteiger charge is 2.44. The molecule has 154 valence electrons. The van der Waals surface area contributed by atoms with E-state index in [1.54, 1.807) is 0 Å². The van der Waals surface area contributed by atoms with Crippen molar-refractivity contribution >= 4 is 0 Å². The summed E-state index contributed by atoms with van der Waals surface area (Å²) in [5.41, 5.74) is 4.82. The minimum absolute atomic E-state index is 0.141. The molecule has 1 fully saturated rings. The van der Waals surface area contributed by atoms with Crippen LogP contribution >= 0.6 is 0 Å². The van der Waals surface area contributed by atoms with E-state index in [0.717, 1.165) is 24.0 Å². The quantitative estimate of drug-likeness (QED) is 0.430. The van der Waals surface area contributed by atoms with Gasteiger partial charge in [0.15, 0.2) is 0 Å². The fourth-order valence-electron chi connectivity index (χ4n) is 3.73. The van der Waals surface area contributed by atoms with Gasteiger partial charge in [0, 0.05) is 0 Å². The van der Waals surface area contributed by atoms with Crippen LogP contribution in [0.15, 0.2) is 34.6 Å². The summed E-state index contributed by atoms with van der Waals surface area (Å²) in [4.78, 5) is 0. The van der Waals surface area contributed by atoms with Crippen molar-refractivity contribution < 1.29 is 29.9 Å². The second-order valence-corrected chi connectivity index (χ2v) is 8.39. The minimum atomic E-state index is -1.44. The maximum atomic E-state index is 10.0. The molecule has 2 rings (SSSR count). The van der Waals surface area contributed by atoms with Gasteiger partial charge in [-0.25, -0.2) is 0 Å². The standard InChI is InChI=1S/C21H34O6/c1-12-7-6-8-21(4,5)15(12)9-13(2)14(3)11-26-20-19(25)18(24)17(23)16(10-22)27-20/h9,11,16-20,22-25H,6-8,10H2,1-5H3/b13-9+,14-11+/t16-,17-,18+,19-,20?/m1/s1. The molecule has 0 amide bonds. The molecule has 0 aromatic carbocycles. The molecule has 6 nitrogen and oxygen atoms in total. The van der Waals surface area contributed by atoms with Crippen molar-refractivity contribution in [3.63, 3.8) is 0 Å². The maximum absolute atomic E-state index is 10.0. The number of hydrogen-bond acceptors (Lipinski definition) is 6. The number of allylic oxidation sites excluding steroid dienone is 5. The van der Waals surface area contributed by atoms with Gasteiger partial charge in [-0.3, -0.25) is 0 Å². The van der Waals surface area contributed by atoms with Crippen LogP contribution in [0.4, 0.5) is 0 Å². The van der Waals surface area contributed by atoms with Gasteiger partial charge in [0.25, 0.3) is 0 Å². The van der Waals surface area contributed by atoms with Crippen LogP contribution in [0.3, 0.4) is 0 Å². The lowest BCUT2D eigenvalue weighted by Crippen LogP contribution is -2.58. The summed E-state index contributed by atoms with van der Waals surface area (Å²) < 4.78 is 10.9. The van der Waals surface area contributed by atoms with Gasteiger partial charge >= 0.3 is 0 Å². The zero-order valence-electron chi connectivity index (χ0n) is 17.0. The zero-order chi connectivity index (χ0) is 20.4. The van der Waals surface area contributed by atoms with Crippen molar-refractivity contribution in [2.75, 3.05) is 6.61 Å². The second kappa shape index (κ2) is 8.88. The Hall–Kier alpha value is -1.18. The summed E-state index contributed by atoms with van der Waals surface area (Å²) in [7, 11) is 0. The van der Waals surface area contributed by atoms with Crippen molar-refractivity contribution in [3.8, 4) is 0 Å². The number of ether oxygens (including phenoxy) is 2. The summed E-state index contributed by atoms with van der Waals surface area (Å²) >= 11 is 0. The fraction of sp³-hybridized carbons (Fsp3) is 0.714. The van der Waals surface area contributed by atoms with Gasteiger partial charge in [-0.15, -0.1) is 0 Å². The predicted octanol–water partition coefficient (Wildman–Crippen LogP) is 2.18. The summed E-state index contributed by atoms with van der Waals surface area (Å²) in [6.07, 6.45) is 0.802. The first-order valence-electron chi connectivity index (χ1n) is 9.60. The third-order valence-corrected chi connectivity index (χ3v) is 5.75. The second-order valence-electron chi connectivity index (χ2n) is 8.39. The molecule has 6 heteroatoms. The van der Waals surface area contributed by atoms with Gasteiger partial charge in [-0.2, -0.15) is 0 Å². The highest BCUT2D eigenvalue weighted by molar-refractivity contribution is 5.40. The molecular formula is C21H34O6. The van der Waals surface area contributed by atoms with Crippen molar-refractivity contribution in [1.82, 2.24) is 0 Å². The predicted molar refractivity (Wildman–Crippen MR) is 103 cm³/mol. The molecule has 5 atom stereocenters. The van der Waals surface area contributed by atoms with E-state index in [2.05, 4.69) is 26.8 Å². The zero-order valence-corrected chi connectivity index (χ0v) is 17.0. The van der Waals surface area contributed by atoms with Crippen LogP contribution in [-0.2, 0) is 9.47 Å². The largest absolute Gasteiger partial charge is 0.469 e. The first kappa shape index (κ1) is 22.1. The summed E-state index contributed by atoms with van der Waals surface area (Å²) in [5.74, 6) is 0. The molecule has 2 aliphatic rings. The van der Waals surface area contributed by atoms with Crippen LogP contribution < -0.4 is 0 Å². The molecule has 0 aromatic heterocycles. The Kier molecular flexibility index (Phi) is 7.27. The molecule has 1 saturated heterocycles. The Labute approximate surface area is 161 Å². The van der Waals surface area contributed by atoms with E-state index >= 15 is 0 Å². The number of rotatable bonds is 5. The van der Waals surface area contributed by atoms with Crippen LogP contribution in [0.5, 0.6) is 0 Å². The van der Waals surface area contributed by atoms with Crippen LogP contribution in [0.2, 0.25) is 0 Å². The number of hydrogen-bond donors (Lipinski definition) is 4. The topological polar surface area (TPSA) is 99.4 Å². The molecule has 27 heavy (non-hydrogen) atoms. The van der Waals surface area contributed by atoms with Gasteiger partial charge in [-0.05, 0) is 62.2 Å². The van der Waals surface area contributed by atoms with Crippen molar-refractivity contribution in [1.29, 1.82) is 0 Å². The SMILES string of the molecule is CC1=C(/C=C(C)/C(C)=C/OC2O[C@H](CO)[C@@H](O)[C@H](O)[C@H]2O)C(C)(C)CCC1.